The molecule has 1 aliphatic rings. The van der Waals surface area contributed by atoms with Crippen LogP contribution in [-0.2, 0) is 9.53 Å². The number of rotatable bonds is 4. The van der Waals surface area contributed by atoms with E-state index in [0.29, 0.717) is 16.9 Å². The van der Waals surface area contributed by atoms with Gasteiger partial charge in [-0.15, -0.1) is 0 Å². The molecule has 0 unspecified atom stereocenters. The highest BCUT2D eigenvalue weighted by Gasteiger charge is 2.29. The fourth-order valence-electron chi connectivity index (χ4n) is 3.06. The van der Waals surface area contributed by atoms with Crippen molar-refractivity contribution in [3.05, 3.63) is 53.7 Å². The summed E-state index contributed by atoms with van der Waals surface area (Å²) in [6.07, 6.45) is 5.00. The zero-order valence-corrected chi connectivity index (χ0v) is 15.5. The molecule has 0 aliphatic heterocycles. The van der Waals surface area contributed by atoms with Crippen molar-refractivity contribution in [3.63, 3.8) is 0 Å². The number of amides is 1. The molecular formula is C21H18FN3O3. The molecule has 0 bridgehead atoms. The molecule has 28 heavy (non-hydrogen) atoms. The molecule has 3 aromatic rings. The molecule has 7 heteroatoms. The second-order valence-corrected chi connectivity index (χ2v) is 6.85. The SMILES string of the molecule is COC(=O)c1ncc(-c2ccc3cc(NC(=O)C4CC4)ncc3c2)c(C)c1F. The van der Waals surface area contributed by atoms with Gasteiger partial charge in [-0.1, -0.05) is 12.1 Å². The highest BCUT2D eigenvalue weighted by atomic mass is 19.1. The number of aromatic nitrogens is 2. The van der Waals surface area contributed by atoms with Crippen molar-refractivity contribution < 1.29 is 18.7 Å². The zero-order valence-electron chi connectivity index (χ0n) is 15.5. The maximum absolute atomic E-state index is 14.5. The number of methoxy groups -OCH3 is 1. The third-order valence-electron chi connectivity index (χ3n) is 4.87. The average molecular weight is 379 g/mol. The summed E-state index contributed by atoms with van der Waals surface area (Å²) in [5, 5.41) is 4.58. The van der Waals surface area contributed by atoms with Crippen LogP contribution >= 0.6 is 0 Å². The monoisotopic (exact) mass is 379 g/mol. The molecule has 142 valence electrons. The predicted octanol–water partition coefficient (Wildman–Crippen LogP) is 3.88. The summed E-state index contributed by atoms with van der Waals surface area (Å²) in [4.78, 5) is 31.7. The van der Waals surface area contributed by atoms with Crippen LogP contribution in [0.2, 0.25) is 0 Å². The Labute approximate surface area is 160 Å². The van der Waals surface area contributed by atoms with Crippen molar-refractivity contribution in [3.8, 4) is 11.1 Å². The van der Waals surface area contributed by atoms with Gasteiger partial charge in [0.25, 0.3) is 0 Å². The number of fused-ring (bicyclic) bond motifs is 1. The van der Waals surface area contributed by atoms with E-state index in [-0.39, 0.29) is 17.5 Å². The molecule has 1 amide bonds. The molecule has 2 heterocycles. The molecule has 6 nitrogen and oxygen atoms in total. The van der Waals surface area contributed by atoms with Crippen LogP contribution in [-0.4, -0.2) is 29.0 Å². The van der Waals surface area contributed by atoms with Gasteiger partial charge in [0.05, 0.1) is 7.11 Å². The Bertz CT molecular complexity index is 1110. The first-order valence-corrected chi connectivity index (χ1v) is 8.92. The molecular weight excluding hydrogens is 361 g/mol. The van der Waals surface area contributed by atoms with Gasteiger partial charge >= 0.3 is 5.97 Å². The van der Waals surface area contributed by atoms with E-state index in [4.69, 9.17) is 0 Å². The number of esters is 1. The minimum absolute atomic E-state index is 0.00587. The molecule has 4 rings (SSSR count). The predicted molar refractivity (Wildman–Crippen MR) is 102 cm³/mol. The maximum Gasteiger partial charge on any atom is 0.359 e. The molecule has 0 spiro atoms. The number of benzene rings is 1. The summed E-state index contributed by atoms with van der Waals surface area (Å²) < 4.78 is 19.1. The Kier molecular flexibility index (Phi) is 4.50. The standard InChI is InChI=1S/C21H18FN3O3/c1-11-16(10-24-19(18(11)22)21(27)28-2)14-6-5-13-8-17(23-9-15(13)7-14)25-20(26)12-3-4-12/h5-10,12H,3-4H2,1-2H3,(H,23,25,26). The molecule has 0 radical (unpaired) electrons. The summed E-state index contributed by atoms with van der Waals surface area (Å²) in [5.74, 6) is -0.871. The molecule has 1 fully saturated rings. The van der Waals surface area contributed by atoms with Gasteiger partial charge in [0.2, 0.25) is 5.91 Å². The Morgan fingerprint density at radius 3 is 2.64 bits per heavy atom. The van der Waals surface area contributed by atoms with E-state index in [1.54, 1.807) is 13.1 Å². The van der Waals surface area contributed by atoms with Crippen LogP contribution in [0.1, 0.15) is 28.9 Å². The normalized spacial score (nSPS) is 13.4. The number of nitrogens with one attached hydrogen (secondary N) is 1. The van der Waals surface area contributed by atoms with Gasteiger partial charge < -0.3 is 10.1 Å². The topological polar surface area (TPSA) is 81.2 Å². The van der Waals surface area contributed by atoms with Crippen LogP contribution in [0.3, 0.4) is 0 Å². The van der Waals surface area contributed by atoms with Gasteiger partial charge in [-0.05, 0) is 48.4 Å². The van der Waals surface area contributed by atoms with Crippen LogP contribution in [0.25, 0.3) is 21.9 Å². The lowest BCUT2D eigenvalue weighted by atomic mass is 9.99. The Hall–Kier alpha value is -3.35. The number of carbonyl (C=O) groups excluding carboxylic acids is 2. The fourth-order valence-corrected chi connectivity index (χ4v) is 3.06. The number of nitrogens with zero attached hydrogens (tertiary/aromatic N) is 2. The molecule has 0 saturated heterocycles. The first-order chi connectivity index (χ1) is 13.5. The van der Waals surface area contributed by atoms with Gasteiger partial charge in [-0.25, -0.2) is 19.2 Å². The third-order valence-corrected chi connectivity index (χ3v) is 4.87. The van der Waals surface area contributed by atoms with E-state index < -0.39 is 11.8 Å². The van der Waals surface area contributed by atoms with E-state index in [2.05, 4.69) is 20.0 Å². The van der Waals surface area contributed by atoms with Crippen molar-refractivity contribution in [1.29, 1.82) is 0 Å². The number of pyridine rings is 2. The van der Waals surface area contributed by atoms with Crippen molar-refractivity contribution in [2.24, 2.45) is 5.92 Å². The highest BCUT2D eigenvalue weighted by Crippen LogP contribution is 2.31. The summed E-state index contributed by atoms with van der Waals surface area (Å²) in [7, 11) is 1.18. The molecule has 1 N–H and O–H groups in total. The number of halogens is 1. The smallest absolute Gasteiger partial charge is 0.359 e. The van der Waals surface area contributed by atoms with Gasteiger partial charge in [-0.2, -0.15) is 0 Å². The van der Waals surface area contributed by atoms with Gasteiger partial charge in [-0.3, -0.25) is 4.79 Å². The lowest BCUT2D eigenvalue weighted by molar-refractivity contribution is -0.117. The third kappa shape index (κ3) is 3.31. The summed E-state index contributed by atoms with van der Waals surface area (Å²) in [6, 6.07) is 7.41. The average Bonchev–Trinajstić information content (AvgIpc) is 3.54. The van der Waals surface area contributed by atoms with E-state index in [1.165, 1.54) is 13.3 Å². The van der Waals surface area contributed by atoms with E-state index in [9.17, 15) is 14.0 Å². The number of anilines is 1. The molecule has 1 saturated carbocycles. The van der Waals surface area contributed by atoms with Crippen molar-refractivity contribution in [2.75, 3.05) is 12.4 Å². The largest absolute Gasteiger partial charge is 0.464 e. The lowest BCUT2D eigenvalue weighted by Gasteiger charge is -2.11. The van der Waals surface area contributed by atoms with E-state index in [1.807, 2.05) is 24.3 Å². The second-order valence-electron chi connectivity index (χ2n) is 6.85. The maximum atomic E-state index is 14.5. The number of ether oxygens (including phenoxy) is 1. The fraction of sp³-hybridized carbons (Fsp3) is 0.238. The molecule has 2 aromatic heterocycles. The number of carbonyl (C=O) groups is 2. The minimum Gasteiger partial charge on any atom is -0.464 e. The highest BCUT2D eigenvalue weighted by molar-refractivity contribution is 5.96. The molecule has 1 aliphatic carbocycles. The Morgan fingerprint density at radius 1 is 1.14 bits per heavy atom. The number of hydrogen-bond acceptors (Lipinski definition) is 5. The van der Waals surface area contributed by atoms with E-state index in [0.717, 1.165) is 29.2 Å². The van der Waals surface area contributed by atoms with Crippen LogP contribution < -0.4 is 5.32 Å². The zero-order chi connectivity index (χ0) is 19.8. The molecule has 1 aromatic carbocycles. The van der Waals surface area contributed by atoms with Crippen LogP contribution in [0.4, 0.5) is 10.2 Å². The van der Waals surface area contributed by atoms with Crippen LogP contribution in [0.5, 0.6) is 0 Å². The first-order valence-electron chi connectivity index (χ1n) is 8.92. The Morgan fingerprint density at radius 2 is 1.93 bits per heavy atom. The second kappa shape index (κ2) is 6.99. The molecule has 0 atom stereocenters. The van der Waals surface area contributed by atoms with E-state index >= 15 is 0 Å². The quantitative estimate of drug-likeness (QED) is 0.696. The summed E-state index contributed by atoms with van der Waals surface area (Å²) in [6.45, 7) is 1.59. The van der Waals surface area contributed by atoms with Gasteiger partial charge in [0, 0.05) is 29.3 Å². The first kappa shape index (κ1) is 18.0. The summed E-state index contributed by atoms with van der Waals surface area (Å²) in [5.41, 5.74) is 1.32. The van der Waals surface area contributed by atoms with Crippen molar-refractivity contribution >= 4 is 28.5 Å². The van der Waals surface area contributed by atoms with Gasteiger partial charge in [0.15, 0.2) is 11.5 Å². The minimum atomic E-state index is -0.810. The number of hydrogen-bond donors (Lipinski definition) is 1. The Balaban J connectivity index is 1.67. The van der Waals surface area contributed by atoms with Crippen LogP contribution in [0, 0.1) is 18.7 Å². The van der Waals surface area contributed by atoms with Gasteiger partial charge in [0.1, 0.15) is 5.82 Å². The van der Waals surface area contributed by atoms with Crippen molar-refractivity contribution in [2.45, 2.75) is 19.8 Å². The summed E-state index contributed by atoms with van der Waals surface area (Å²) >= 11 is 0. The van der Waals surface area contributed by atoms with Crippen molar-refractivity contribution in [1.82, 2.24) is 9.97 Å². The lowest BCUT2D eigenvalue weighted by Crippen LogP contribution is -2.14. The van der Waals surface area contributed by atoms with Crippen LogP contribution in [0.15, 0.2) is 36.7 Å².